The molecule has 2 rings (SSSR count). The van der Waals surface area contributed by atoms with Crippen molar-refractivity contribution < 1.29 is 25.7 Å². The molecule has 0 bridgehead atoms. The van der Waals surface area contributed by atoms with Crippen LogP contribution in [0.15, 0.2) is 18.5 Å². The van der Waals surface area contributed by atoms with Crippen LogP contribution in [0.5, 0.6) is 5.75 Å². The molecule has 9 heteroatoms. The molecule has 116 valence electrons. The SMILES string of the molecule is CCC1(F)CCN(C(=O)c2cncc(OS(=O)(=O)F)c2)C1. The fraction of sp³-hybridized carbons (Fsp3) is 0.500. The zero-order chi connectivity index (χ0) is 15.7. The summed E-state index contributed by atoms with van der Waals surface area (Å²) in [7, 11) is -5.19. The molecule has 2 heterocycles. The number of hydrogen-bond donors (Lipinski definition) is 0. The molecule has 0 radical (unpaired) electrons. The van der Waals surface area contributed by atoms with Crippen LogP contribution in [-0.4, -0.2) is 43.0 Å². The fourth-order valence-electron chi connectivity index (χ4n) is 2.18. The molecule has 0 N–H and O–H groups in total. The van der Waals surface area contributed by atoms with Gasteiger partial charge in [0.05, 0.1) is 18.3 Å². The van der Waals surface area contributed by atoms with Gasteiger partial charge in [0.2, 0.25) is 0 Å². The maximum atomic E-state index is 14.1. The normalized spacial score (nSPS) is 22.3. The van der Waals surface area contributed by atoms with E-state index in [2.05, 4.69) is 9.17 Å². The maximum absolute atomic E-state index is 14.1. The minimum absolute atomic E-state index is 0.0107. The number of halogens is 2. The average molecular weight is 320 g/mol. The van der Waals surface area contributed by atoms with E-state index >= 15 is 0 Å². The van der Waals surface area contributed by atoms with Crippen molar-refractivity contribution in [2.24, 2.45) is 0 Å². The lowest BCUT2D eigenvalue weighted by atomic mass is 10.0. The first kappa shape index (κ1) is 15.6. The number of nitrogens with zero attached hydrogens (tertiary/aromatic N) is 2. The van der Waals surface area contributed by atoms with Crippen molar-refractivity contribution in [3.63, 3.8) is 0 Å². The summed E-state index contributed by atoms with van der Waals surface area (Å²) in [6.07, 6.45) is 2.70. The van der Waals surface area contributed by atoms with E-state index in [0.29, 0.717) is 6.42 Å². The number of amides is 1. The quantitative estimate of drug-likeness (QED) is 0.788. The molecule has 1 aromatic rings. The van der Waals surface area contributed by atoms with Gasteiger partial charge in [-0.2, -0.15) is 8.42 Å². The summed E-state index contributed by atoms with van der Waals surface area (Å²) in [5, 5.41) is 0. The van der Waals surface area contributed by atoms with Crippen molar-refractivity contribution in [1.29, 1.82) is 0 Å². The maximum Gasteiger partial charge on any atom is 0.488 e. The fourth-order valence-corrected chi connectivity index (χ4v) is 2.50. The van der Waals surface area contributed by atoms with Gasteiger partial charge in [0.1, 0.15) is 5.67 Å². The molecular formula is C12H14F2N2O4S. The van der Waals surface area contributed by atoms with Crippen molar-refractivity contribution in [2.45, 2.75) is 25.4 Å². The number of hydrogen-bond acceptors (Lipinski definition) is 5. The van der Waals surface area contributed by atoms with Crippen LogP contribution in [0.1, 0.15) is 30.1 Å². The first-order valence-electron chi connectivity index (χ1n) is 6.30. The Bertz CT molecular complexity index is 652. The Morgan fingerprint density at radius 1 is 1.52 bits per heavy atom. The molecule has 0 aromatic carbocycles. The van der Waals surface area contributed by atoms with E-state index in [4.69, 9.17) is 0 Å². The van der Waals surface area contributed by atoms with E-state index in [-0.39, 0.29) is 25.1 Å². The Morgan fingerprint density at radius 3 is 2.81 bits per heavy atom. The Morgan fingerprint density at radius 2 is 2.24 bits per heavy atom. The van der Waals surface area contributed by atoms with Crippen molar-refractivity contribution in [1.82, 2.24) is 9.88 Å². The molecule has 1 amide bonds. The van der Waals surface area contributed by atoms with Crippen molar-refractivity contribution in [2.75, 3.05) is 13.1 Å². The van der Waals surface area contributed by atoms with Crippen LogP contribution < -0.4 is 4.18 Å². The third-order valence-corrected chi connectivity index (χ3v) is 3.77. The number of rotatable bonds is 4. The molecule has 1 atom stereocenters. The number of carbonyl (C=O) groups is 1. The molecule has 1 aliphatic rings. The van der Waals surface area contributed by atoms with Crippen molar-refractivity contribution >= 4 is 16.4 Å². The average Bonchev–Trinajstić information content (AvgIpc) is 2.80. The van der Waals surface area contributed by atoms with Crippen LogP contribution in [0.3, 0.4) is 0 Å². The highest BCUT2D eigenvalue weighted by molar-refractivity contribution is 7.81. The Hall–Kier alpha value is -1.77. The lowest BCUT2D eigenvalue weighted by molar-refractivity contribution is 0.0748. The molecule has 0 spiro atoms. The topological polar surface area (TPSA) is 76.6 Å². The van der Waals surface area contributed by atoms with Gasteiger partial charge in [0.15, 0.2) is 5.75 Å². The van der Waals surface area contributed by atoms with Crippen LogP contribution in [0.25, 0.3) is 0 Å². The second kappa shape index (κ2) is 5.55. The molecule has 1 saturated heterocycles. The molecule has 0 aliphatic carbocycles. The molecule has 0 saturated carbocycles. The van der Waals surface area contributed by atoms with Gasteiger partial charge in [0, 0.05) is 19.2 Å². The standard InChI is InChI=1S/C12H14F2N2O4S/c1-2-12(13)3-4-16(8-12)11(17)9-5-10(7-15-6-9)20-21(14,18)19/h5-7H,2-4,8H2,1H3. The largest absolute Gasteiger partial charge is 0.488 e. The zero-order valence-corrected chi connectivity index (χ0v) is 12.1. The van der Waals surface area contributed by atoms with Crippen LogP contribution in [0.2, 0.25) is 0 Å². The summed E-state index contributed by atoms with van der Waals surface area (Å²) in [6, 6.07) is 1.05. The molecule has 21 heavy (non-hydrogen) atoms. The summed E-state index contributed by atoms with van der Waals surface area (Å²) in [6.45, 7) is 1.93. The number of likely N-dealkylation sites (tertiary alicyclic amines) is 1. The predicted octanol–water partition coefficient (Wildman–Crippen LogP) is 1.64. The molecule has 1 aromatic heterocycles. The van der Waals surface area contributed by atoms with Gasteiger partial charge in [-0.05, 0) is 12.5 Å². The van der Waals surface area contributed by atoms with Gasteiger partial charge >= 0.3 is 10.5 Å². The highest BCUT2D eigenvalue weighted by Crippen LogP contribution is 2.29. The summed E-state index contributed by atoms with van der Waals surface area (Å²) in [5.74, 6) is -0.915. The Balaban J connectivity index is 2.15. The minimum Gasteiger partial charge on any atom is -0.357 e. The summed E-state index contributed by atoms with van der Waals surface area (Å²) in [5.41, 5.74) is -1.39. The van der Waals surface area contributed by atoms with Crippen LogP contribution in [0.4, 0.5) is 8.28 Å². The van der Waals surface area contributed by atoms with Crippen LogP contribution in [-0.2, 0) is 10.5 Å². The third-order valence-electron chi connectivity index (χ3n) is 3.38. The monoisotopic (exact) mass is 320 g/mol. The van der Waals surface area contributed by atoms with E-state index in [0.717, 1.165) is 12.3 Å². The molecular weight excluding hydrogens is 306 g/mol. The van der Waals surface area contributed by atoms with E-state index in [9.17, 15) is 21.5 Å². The van der Waals surface area contributed by atoms with Crippen LogP contribution >= 0.6 is 0 Å². The van der Waals surface area contributed by atoms with Gasteiger partial charge < -0.3 is 9.08 Å². The van der Waals surface area contributed by atoms with Gasteiger partial charge in [0.25, 0.3) is 5.91 Å². The lowest BCUT2D eigenvalue weighted by Crippen LogP contribution is -2.33. The second-order valence-corrected chi connectivity index (χ2v) is 5.82. The zero-order valence-electron chi connectivity index (χ0n) is 11.3. The summed E-state index contributed by atoms with van der Waals surface area (Å²) >= 11 is 0. The lowest BCUT2D eigenvalue weighted by Gasteiger charge is -2.19. The number of pyridine rings is 1. The first-order chi connectivity index (χ1) is 9.72. The first-order valence-corrected chi connectivity index (χ1v) is 7.61. The number of aromatic nitrogens is 1. The summed E-state index contributed by atoms with van der Waals surface area (Å²) in [4.78, 5) is 17.1. The van der Waals surface area contributed by atoms with E-state index in [1.54, 1.807) is 6.92 Å². The van der Waals surface area contributed by atoms with Gasteiger partial charge in [-0.15, -0.1) is 0 Å². The van der Waals surface area contributed by atoms with Gasteiger partial charge in [-0.25, -0.2) is 4.39 Å². The van der Waals surface area contributed by atoms with Gasteiger partial charge in [-0.3, -0.25) is 9.78 Å². The highest BCUT2D eigenvalue weighted by Gasteiger charge is 2.38. The number of alkyl halides is 1. The molecule has 1 unspecified atom stereocenters. The highest BCUT2D eigenvalue weighted by atomic mass is 32.3. The third kappa shape index (κ3) is 3.87. The van der Waals surface area contributed by atoms with E-state index < -0.39 is 27.8 Å². The molecule has 6 nitrogen and oxygen atoms in total. The van der Waals surface area contributed by atoms with E-state index in [1.165, 1.54) is 11.1 Å². The Labute approximate surface area is 121 Å². The van der Waals surface area contributed by atoms with Crippen molar-refractivity contribution in [3.8, 4) is 5.75 Å². The Kier molecular flexibility index (Phi) is 4.13. The number of carbonyl (C=O) groups excluding carboxylic acids is 1. The minimum atomic E-state index is -5.19. The summed E-state index contributed by atoms with van der Waals surface area (Å²) < 4.78 is 51.4. The molecule has 1 fully saturated rings. The second-order valence-electron chi connectivity index (χ2n) is 4.87. The van der Waals surface area contributed by atoms with Gasteiger partial charge in [-0.1, -0.05) is 10.8 Å². The van der Waals surface area contributed by atoms with Crippen LogP contribution in [0, 0.1) is 0 Å². The smallest absolute Gasteiger partial charge is 0.357 e. The van der Waals surface area contributed by atoms with Crippen molar-refractivity contribution in [3.05, 3.63) is 24.0 Å². The van der Waals surface area contributed by atoms with E-state index in [1.807, 2.05) is 0 Å². The molecule has 1 aliphatic heterocycles. The predicted molar refractivity (Wildman–Crippen MR) is 69.5 cm³/mol.